The highest BCUT2D eigenvalue weighted by Gasteiger charge is 2.14. The lowest BCUT2D eigenvalue weighted by molar-refractivity contribution is -0.383. The van der Waals surface area contributed by atoms with Gasteiger partial charge in [-0.3, -0.25) is 10.1 Å². The number of para-hydroxylation sites is 1. The summed E-state index contributed by atoms with van der Waals surface area (Å²) in [6.45, 7) is 0.672. The van der Waals surface area contributed by atoms with Gasteiger partial charge in [-0.15, -0.1) is 0 Å². The van der Waals surface area contributed by atoms with E-state index in [0.29, 0.717) is 18.5 Å². The van der Waals surface area contributed by atoms with Crippen LogP contribution >= 0.6 is 0 Å². The van der Waals surface area contributed by atoms with E-state index in [1.165, 1.54) is 6.07 Å². The van der Waals surface area contributed by atoms with Crippen molar-refractivity contribution in [3.8, 4) is 0 Å². The molecule has 5 heteroatoms. The van der Waals surface area contributed by atoms with Crippen LogP contribution < -0.4 is 0 Å². The minimum atomic E-state index is -0.377. The highest BCUT2D eigenvalue weighted by molar-refractivity contribution is 5.88. The lowest BCUT2D eigenvalue weighted by atomic mass is 10.2. The largest absolute Gasteiger partial charge is 0.396 e. The fraction of sp³-hybridized carbons (Fsp3) is 0.273. The van der Waals surface area contributed by atoms with Crippen LogP contribution in [-0.4, -0.2) is 21.2 Å². The molecule has 0 aliphatic heterocycles. The molecule has 0 spiro atoms. The summed E-state index contributed by atoms with van der Waals surface area (Å²) in [6, 6.07) is 6.87. The highest BCUT2D eigenvalue weighted by atomic mass is 16.6. The van der Waals surface area contributed by atoms with E-state index in [4.69, 9.17) is 5.11 Å². The number of nitro benzene ring substituents is 1. The first-order valence-electron chi connectivity index (χ1n) is 5.07. The SMILES string of the molecule is O=[N+]([O-])c1cccc2ccn(CCCO)c12. The van der Waals surface area contributed by atoms with E-state index in [9.17, 15) is 10.1 Å². The van der Waals surface area contributed by atoms with Crippen molar-refractivity contribution in [2.75, 3.05) is 6.61 Å². The summed E-state index contributed by atoms with van der Waals surface area (Å²) < 4.78 is 1.81. The van der Waals surface area contributed by atoms with Crippen molar-refractivity contribution in [2.24, 2.45) is 0 Å². The minimum Gasteiger partial charge on any atom is -0.396 e. The number of rotatable bonds is 4. The number of nitrogens with zero attached hydrogens (tertiary/aromatic N) is 2. The summed E-state index contributed by atoms with van der Waals surface area (Å²) in [5.74, 6) is 0. The number of aliphatic hydroxyl groups is 1. The van der Waals surface area contributed by atoms with Crippen molar-refractivity contribution in [3.05, 3.63) is 40.6 Å². The van der Waals surface area contributed by atoms with Gasteiger partial charge >= 0.3 is 0 Å². The number of hydrogen-bond acceptors (Lipinski definition) is 3. The second-order valence-electron chi connectivity index (χ2n) is 3.56. The summed E-state index contributed by atoms with van der Waals surface area (Å²) in [7, 11) is 0. The van der Waals surface area contributed by atoms with Crippen molar-refractivity contribution < 1.29 is 10.0 Å². The Morgan fingerprint density at radius 2 is 2.19 bits per heavy atom. The summed E-state index contributed by atoms with van der Waals surface area (Å²) in [5.41, 5.74) is 0.737. The van der Waals surface area contributed by atoms with Crippen LogP contribution in [0.5, 0.6) is 0 Å². The molecule has 16 heavy (non-hydrogen) atoms. The lowest BCUT2D eigenvalue weighted by Gasteiger charge is -2.03. The molecule has 0 radical (unpaired) electrons. The van der Waals surface area contributed by atoms with E-state index >= 15 is 0 Å². The van der Waals surface area contributed by atoms with E-state index in [1.807, 2.05) is 22.9 Å². The Hall–Kier alpha value is -1.88. The fourth-order valence-electron chi connectivity index (χ4n) is 1.82. The van der Waals surface area contributed by atoms with Crippen LogP contribution in [0.2, 0.25) is 0 Å². The molecule has 1 N–H and O–H groups in total. The third-order valence-corrected chi connectivity index (χ3v) is 2.52. The number of hydrogen-bond donors (Lipinski definition) is 1. The van der Waals surface area contributed by atoms with Gasteiger partial charge in [0.15, 0.2) is 0 Å². The average Bonchev–Trinajstić information content (AvgIpc) is 2.69. The van der Waals surface area contributed by atoms with Gasteiger partial charge in [-0.05, 0) is 12.5 Å². The zero-order valence-electron chi connectivity index (χ0n) is 8.67. The predicted octanol–water partition coefficient (Wildman–Crippen LogP) is 1.93. The Morgan fingerprint density at radius 3 is 2.88 bits per heavy atom. The van der Waals surface area contributed by atoms with Gasteiger partial charge in [-0.1, -0.05) is 12.1 Å². The third kappa shape index (κ3) is 1.77. The minimum absolute atomic E-state index is 0.0836. The topological polar surface area (TPSA) is 68.3 Å². The Bertz CT molecular complexity index is 519. The molecule has 5 nitrogen and oxygen atoms in total. The molecular formula is C11H12N2O3. The van der Waals surface area contributed by atoms with Gasteiger partial charge in [0, 0.05) is 30.8 Å². The second-order valence-corrected chi connectivity index (χ2v) is 3.56. The maximum Gasteiger partial charge on any atom is 0.293 e. The van der Waals surface area contributed by atoms with E-state index in [1.54, 1.807) is 6.07 Å². The molecule has 0 bridgehead atoms. The highest BCUT2D eigenvalue weighted by Crippen LogP contribution is 2.26. The zero-order chi connectivity index (χ0) is 11.5. The van der Waals surface area contributed by atoms with Crippen molar-refractivity contribution in [3.63, 3.8) is 0 Å². The van der Waals surface area contributed by atoms with Gasteiger partial charge in [0.2, 0.25) is 0 Å². The van der Waals surface area contributed by atoms with Crippen molar-refractivity contribution in [1.82, 2.24) is 4.57 Å². The first-order chi connectivity index (χ1) is 7.74. The summed E-state index contributed by atoms with van der Waals surface area (Å²) in [4.78, 5) is 10.5. The van der Waals surface area contributed by atoms with Crippen LogP contribution in [0.15, 0.2) is 30.5 Å². The first-order valence-corrected chi connectivity index (χ1v) is 5.07. The number of aryl methyl sites for hydroxylation is 1. The number of fused-ring (bicyclic) bond motifs is 1. The van der Waals surface area contributed by atoms with Crippen LogP contribution in [0.3, 0.4) is 0 Å². The monoisotopic (exact) mass is 220 g/mol. The van der Waals surface area contributed by atoms with Crippen LogP contribution in [0, 0.1) is 10.1 Å². The smallest absolute Gasteiger partial charge is 0.293 e. The summed E-state index contributed by atoms with van der Waals surface area (Å²) in [5, 5.41) is 20.5. The van der Waals surface area contributed by atoms with Crippen LogP contribution in [0.4, 0.5) is 5.69 Å². The molecular weight excluding hydrogens is 208 g/mol. The number of nitro groups is 1. The molecule has 0 aliphatic carbocycles. The molecule has 2 aromatic rings. The zero-order valence-corrected chi connectivity index (χ0v) is 8.67. The lowest BCUT2D eigenvalue weighted by Crippen LogP contribution is -2.00. The first kappa shape index (κ1) is 10.6. The normalized spacial score (nSPS) is 10.8. The van der Waals surface area contributed by atoms with Crippen LogP contribution in [-0.2, 0) is 6.54 Å². The maximum atomic E-state index is 10.9. The molecule has 0 unspecified atom stereocenters. The maximum absolute atomic E-state index is 10.9. The van der Waals surface area contributed by atoms with Gasteiger partial charge in [0.1, 0.15) is 5.52 Å². The summed E-state index contributed by atoms with van der Waals surface area (Å²) in [6.07, 6.45) is 2.41. The molecule has 0 aliphatic rings. The molecule has 0 atom stereocenters. The van der Waals surface area contributed by atoms with Gasteiger partial charge in [-0.2, -0.15) is 0 Å². The molecule has 0 saturated heterocycles. The Labute approximate surface area is 92.1 Å². The fourth-order valence-corrected chi connectivity index (χ4v) is 1.82. The standard InChI is InChI=1S/C11H12N2O3/c14-8-2-6-12-7-5-9-3-1-4-10(11(9)12)13(15)16/h1,3-5,7,14H,2,6,8H2. The molecule has 1 aromatic heterocycles. The van der Waals surface area contributed by atoms with E-state index in [0.717, 1.165) is 5.39 Å². The van der Waals surface area contributed by atoms with Gasteiger partial charge in [-0.25, -0.2) is 0 Å². The number of benzene rings is 1. The van der Waals surface area contributed by atoms with E-state index < -0.39 is 0 Å². The number of aliphatic hydroxyl groups excluding tert-OH is 1. The molecule has 1 aromatic carbocycles. The van der Waals surface area contributed by atoms with Crippen LogP contribution in [0.1, 0.15) is 6.42 Å². The predicted molar refractivity (Wildman–Crippen MR) is 60.3 cm³/mol. The van der Waals surface area contributed by atoms with Crippen LogP contribution in [0.25, 0.3) is 10.9 Å². The Balaban J connectivity index is 2.54. The third-order valence-electron chi connectivity index (χ3n) is 2.52. The Morgan fingerprint density at radius 1 is 1.38 bits per heavy atom. The Kier molecular flexibility index (Phi) is 2.87. The number of non-ortho nitro benzene ring substituents is 1. The van der Waals surface area contributed by atoms with Gasteiger partial charge in [0.25, 0.3) is 5.69 Å². The summed E-state index contributed by atoms with van der Waals surface area (Å²) >= 11 is 0. The van der Waals surface area contributed by atoms with Gasteiger partial charge in [0.05, 0.1) is 4.92 Å². The molecule has 0 saturated carbocycles. The average molecular weight is 220 g/mol. The molecule has 0 fully saturated rings. The van der Waals surface area contributed by atoms with Crippen molar-refractivity contribution in [1.29, 1.82) is 0 Å². The molecule has 2 rings (SSSR count). The number of aromatic nitrogens is 1. The molecule has 1 heterocycles. The molecule has 0 amide bonds. The molecule has 84 valence electrons. The van der Waals surface area contributed by atoms with Crippen molar-refractivity contribution >= 4 is 16.6 Å². The van der Waals surface area contributed by atoms with Crippen molar-refractivity contribution in [2.45, 2.75) is 13.0 Å². The van der Waals surface area contributed by atoms with E-state index in [2.05, 4.69) is 0 Å². The van der Waals surface area contributed by atoms with Gasteiger partial charge < -0.3 is 9.67 Å². The quantitative estimate of drug-likeness (QED) is 0.632. The van der Waals surface area contributed by atoms with E-state index in [-0.39, 0.29) is 17.2 Å². The second kappa shape index (κ2) is 4.32.